The minimum atomic E-state index is -0.330. The lowest BCUT2D eigenvalue weighted by Gasteiger charge is -1.88. The van der Waals surface area contributed by atoms with Gasteiger partial charge < -0.3 is 0 Å². The van der Waals surface area contributed by atoms with Crippen LogP contribution in [0, 0.1) is 18.8 Å². The molecule has 0 saturated carbocycles. The van der Waals surface area contributed by atoms with Crippen LogP contribution in [0.5, 0.6) is 0 Å². The number of hydrogen-bond acceptors (Lipinski definition) is 0. The maximum absolute atomic E-state index is 12.6. The van der Waals surface area contributed by atoms with Gasteiger partial charge in [-0.15, -0.1) is 0 Å². The van der Waals surface area contributed by atoms with Crippen LogP contribution in [-0.2, 0) is 0 Å². The van der Waals surface area contributed by atoms with Gasteiger partial charge in [-0.05, 0) is 48.5 Å². The molecule has 76 valence electrons. The van der Waals surface area contributed by atoms with Gasteiger partial charge >= 0.3 is 21.2 Å². The van der Waals surface area contributed by atoms with Crippen molar-refractivity contribution in [1.29, 1.82) is 0 Å². The Kier molecular flexibility index (Phi) is 3.30. The van der Waals surface area contributed by atoms with Crippen molar-refractivity contribution < 1.29 is 30.0 Å². The van der Waals surface area contributed by atoms with E-state index in [0.29, 0.717) is 0 Å². The van der Waals surface area contributed by atoms with Crippen LogP contribution in [-0.4, -0.2) is 0 Å². The summed E-state index contributed by atoms with van der Waals surface area (Å²) in [4.78, 5) is 0. The molecular formula is C12H8F2I+. The first-order chi connectivity index (χ1) is 7.24. The maximum Gasteiger partial charge on any atom is 0.357 e. The van der Waals surface area contributed by atoms with E-state index in [1.165, 1.54) is 24.3 Å². The lowest BCUT2D eigenvalue weighted by molar-refractivity contribution is -0.597. The van der Waals surface area contributed by atoms with E-state index >= 15 is 0 Å². The smallest absolute Gasteiger partial charge is 0.207 e. The van der Waals surface area contributed by atoms with Crippen LogP contribution in [0.25, 0.3) is 0 Å². The summed E-state index contributed by atoms with van der Waals surface area (Å²) in [6.07, 6.45) is 0. The largest absolute Gasteiger partial charge is 0.357 e. The zero-order chi connectivity index (χ0) is 10.7. The monoisotopic (exact) mass is 317 g/mol. The van der Waals surface area contributed by atoms with Crippen molar-refractivity contribution in [3.8, 4) is 0 Å². The van der Waals surface area contributed by atoms with Crippen molar-refractivity contribution >= 4 is 0 Å². The molecular weight excluding hydrogens is 309 g/mol. The van der Waals surface area contributed by atoms with Gasteiger partial charge in [-0.25, -0.2) is 8.78 Å². The fourth-order valence-corrected chi connectivity index (χ4v) is 3.27. The summed E-state index contributed by atoms with van der Waals surface area (Å²) >= 11 is -0.330. The molecule has 0 aliphatic rings. The van der Waals surface area contributed by atoms with Gasteiger partial charge in [0.1, 0.15) is 11.6 Å². The van der Waals surface area contributed by atoms with Gasteiger partial charge in [-0.3, -0.25) is 0 Å². The van der Waals surface area contributed by atoms with E-state index < -0.39 is 0 Å². The van der Waals surface area contributed by atoms with E-state index in [1.807, 2.05) is 0 Å². The van der Waals surface area contributed by atoms with Gasteiger partial charge in [0, 0.05) is 0 Å². The van der Waals surface area contributed by atoms with Gasteiger partial charge in [0.2, 0.25) is 0 Å². The van der Waals surface area contributed by atoms with Crippen molar-refractivity contribution in [1.82, 2.24) is 0 Å². The molecule has 0 aliphatic carbocycles. The minimum Gasteiger partial charge on any atom is -0.207 e. The van der Waals surface area contributed by atoms with Crippen LogP contribution in [0.3, 0.4) is 0 Å². The first-order valence-corrected chi connectivity index (χ1v) is 6.56. The summed E-state index contributed by atoms with van der Waals surface area (Å²) in [5.74, 6) is -0.441. The summed E-state index contributed by atoms with van der Waals surface area (Å²) in [5.41, 5.74) is 0. The number of rotatable bonds is 2. The van der Waals surface area contributed by atoms with Gasteiger partial charge in [-0.2, -0.15) is 0 Å². The second-order valence-electron chi connectivity index (χ2n) is 2.97. The topological polar surface area (TPSA) is 0 Å². The predicted octanol–water partition coefficient (Wildman–Crippen LogP) is 0.0932. The van der Waals surface area contributed by atoms with Crippen molar-refractivity contribution in [3.05, 3.63) is 67.3 Å². The maximum atomic E-state index is 12.6. The Hall–Kier alpha value is -0.970. The summed E-state index contributed by atoms with van der Waals surface area (Å²) in [6.45, 7) is 0. The second-order valence-corrected chi connectivity index (χ2v) is 6.00. The van der Waals surface area contributed by atoms with Crippen molar-refractivity contribution in [2.24, 2.45) is 0 Å². The molecule has 0 nitrogen and oxygen atoms in total. The first-order valence-electron chi connectivity index (χ1n) is 4.40. The van der Waals surface area contributed by atoms with E-state index in [0.717, 1.165) is 7.14 Å². The van der Waals surface area contributed by atoms with E-state index in [2.05, 4.69) is 0 Å². The molecule has 15 heavy (non-hydrogen) atoms. The number of hydrogen-bond donors (Lipinski definition) is 0. The van der Waals surface area contributed by atoms with Crippen molar-refractivity contribution in [2.75, 3.05) is 0 Å². The highest BCUT2D eigenvalue weighted by Crippen LogP contribution is 1.95. The quantitative estimate of drug-likeness (QED) is 0.689. The third-order valence-electron chi connectivity index (χ3n) is 1.83. The Balaban J connectivity index is 2.15. The van der Waals surface area contributed by atoms with Gasteiger partial charge in [0.15, 0.2) is 7.14 Å². The minimum absolute atomic E-state index is 0.220. The van der Waals surface area contributed by atoms with E-state index in [4.69, 9.17) is 0 Å². The summed E-state index contributed by atoms with van der Waals surface area (Å²) in [7, 11) is 0. The molecule has 0 heterocycles. The molecule has 0 radical (unpaired) electrons. The molecule has 0 bridgehead atoms. The Morgan fingerprint density at radius 2 is 0.933 bits per heavy atom. The van der Waals surface area contributed by atoms with Crippen LogP contribution in [0.15, 0.2) is 48.5 Å². The molecule has 0 aromatic heterocycles. The second kappa shape index (κ2) is 4.70. The molecule has 0 unspecified atom stereocenters. The third kappa shape index (κ3) is 2.99. The molecule has 0 amide bonds. The summed E-state index contributed by atoms with van der Waals surface area (Å²) in [6, 6.07) is 13.0. The standard InChI is InChI=1S/C12H8F2I/c13-9-1-5-11(6-2-9)15-12-7-3-10(14)4-8-12/h1-8H/q+1. The highest BCUT2D eigenvalue weighted by atomic mass is 127. The van der Waals surface area contributed by atoms with Crippen molar-refractivity contribution in [2.45, 2.75) is 0 Å². The average Bonchev–Trinajstić information content (AvgIpc) is 2.25. The van der Waals surface area contributed by atoms with Crippen LogP contribution >= 0.6 is 0 Å². The number of benzene rings is 2. The molecule has 2 aromatic rings. The lowest BCUT2D eigenvalue weighted by Crippen LogP contribution is -3.61. The zero-order valence-electron chi connectivity index (χ0n) is 7.75. The van der Waals surface area contributed by atoms with Crippen LogP contribution < -0.4 is 21.2 Å². The number of halogens is 3. The van der Waals surface area contributed by atoms with Gasteiger partial charge in [0.25, 0.3) is 0 Å². The predicted molar refractivity (Wildman–Crippen MR) is 50.2 cm³/mol. The van der Waals surface area contributed by atoms with Crippen molar-refractivity contribution in [3.63, 3.8) is 0 Å². The molecule has 2 aromatic carbocycles. The van der Waals surface area contributed by atoms with Crippen LogP contribution in [0.4, 0.5) is 8.78 Å². The Bertz CT molecular complexity index is 391. The molecule has 0 atom stereocenters. The summed E-state index contributed by atoms with van der Waals surface area (Å²) < 4.78 is 27.5. The third-order valence-corrected chi connectivity index (χ3v) is 4.51. The molecule has 0 N–H and O–H groups in total. The van der Waals surface area contributed by atoms with Crippen LogP contribution in [0.2, 0.25) is 0 Å². The Morgan fingerprint density at radius 3 is 1.27 bits per heavy atom. The molecule has 3 heteroatoms. The SMILES string of the molecule is Fc1ccc([I+]c2ccc(F)cc2)cc1. The van der Waals surface area contributed by atoms with E-state index in [9.17, 15) is 8.78 Å². The normalized spacial score (nSPS) is 10.3. The molecule has 0 saturated heterocycles. The highest BCUT2D eigenvalue weighted by molar-refractivity contribution is 5.05. The fourth-order valence-electron chi connectivity index (χ4n) is 1.11. The van der Waals surface area contributed by atoms with Gasteiger partial charge in [-0.1, -0.05) is 0 Å². The van der Waals surface area contributed by atoms with Crippen LogP contribution in [0.1, 0.15) is 0 Å². The fraction of sp³-hybridized carbons (Fsp3) is 0. The average molecular weight is 317 g/mol. The highest BCUT2D eigenvalue weighted by Gasteiger charge is 2.14. The molecule has 0 fully saturated rings. The molecule has 0 aliphatic heterocycles. The van der Waals surface area contributed by atoms with Gasteiger partial charge in [0.05, 0.1) is 0 Å². The molecule has 2 rings (SSSR count). The van der Waals surface area contributed by atoms with E-state index in [-0.39, 0.29) is 32.8 Å². The lowest BCUT2D eigenvalue weighted by atomic mass is 10.4. The first kappa shape index (κ1) is 10.5. The Labute approximate surface area is 97.2 Å². The Morgan fingerprint density at radius 1 is 0.600 bits per heavy atom. The zero-order valence-corrected chi connectivity index (χ0v) is 9.91. The van der Waals surface area contributed by atoms with E-state index in [1.54, 1.807) is 24.3 Å². The molecule has 0 spiro atoms. The summed E-state index contributed by atoms with van der Waals surface area (Å²) in [5, 5.41) is 0.